The van der Waals surface area contributed by atoms with Gasteiger partial charge in [-0.1, -0.05) is 91.4 Å². The Morgan fingerprint density at radius 2 is 1.51 bits per heavy atom. The largest absolute Gasteiger partial charge is 0.462 e. The Kier molecular flexibility index (Phi) is 17.3. The fraction of sp³-hybridized carbons (Fsp3) is 0.561. The van der Waals surface area contributed by atoms with E-state index in [0.717, 1.165) is 30.0 Å². The number of carbonyl (C=O) groups excluding carboxylic acids is 1. The normalized spacial score (nSPS) is 12.8. The summed E-state index contributed by atoms with van der Waals surface area (Å²) in [5, 5.41) is 32.5. The number of carbonyl (C=O) groups is 1. The summed E-state index contributed by atoms with van der Waals surface area (Å²) in [6, 6.07) is 13.4. The van der Waals surface area contributed by atoms with Crippen LogP contribution in [0.5, 0.6) is 0 Å². The second-order valence-electron chi connectivity index (χ2n) is 13.9. The molecular formula is C41H59N7O2S. The predicted octanol–water partition coefficient (Wildman–Crippen LogP) is 13.2. The van der Waals surface area contributed by atoms with Crippen molar-refractivity contribution >= 4 is 50.1 Å². The first-order valence-corrected chi connectivity index (χ1v) is 19.6. The van der Waals surface area contributed by atoms with Crippen LogP contribution in [0.2, 0.25) is 0 Å². The number of nitrogens with zero attached hydrogens (tertiary/aromatic N) is 6. The third-order valence-electron chi connectivity index (χ3n) is 9.34. The van der Waals surface area contributed by atoms with Crippen LogP contribution in [0.1, 0.15) is 120 Å². The number of nitriles is 1. The molecule has 1 heterocycles. The van der Waals surface area contributed by atoms with E-state index in [1.54, 1.807) is 24.3 Å². The Bertz CT molecular complexity index is 1620. The number of benzene rings is 2. The van der Waals surface area contributed by atoms with Crippen LogP contribution < -0.4 is 10.2 Å². The zero-order chi connectivity index (χ0) is 37.3. The highest BCUT2D eigenvalue weighted by Gasteiger charge is 2.21. The number of azo groups is 2. The predicted molar refractivity (Wildman–Crippen MR) is 213 cm³/mol. The maximum atomic E-state index is 12.3. The van der Waals surface area contributed by atoms with Gasteiger partial charge in [0.2, 0.25) is 0 Å². The van der Waals surface area contributed by atoms with Crippen LogP contribution >= 0.6 is 11.3 Å². The highest BCUT2D eigenvalue weighted by molar-refractivity contribution is 7.19. The average molecular weight is 714 g/mol. The molecule has 1 aromatic heterocycles. The SMILES string of the molecule is CCCCC(CC)CN(CC(CC)CCCC)c1cc(NC)c(N=Nc2sc(N=Nc3ccc(C(=O)OCC(C)C)cc3)c(C)c2C#N)cc1C. The van der Waals surface area contributed by atoms with Crippen molar-refractivity contribution in [1.29, 1.82) is 5.26 Å². The van der Waals surface area contributed by atoms with Crippen molar-refractivity contribution in [3.05, 3.63) is 58.7 Å². The molecule has 0 saturated carbocycles. The van der Waals surface area contributed by atoms with E-state index in [0.29, 0.717) is 50.8 Å². The summed E-state index contributed by atoms with van der Waals surface area (Å²) >= 11 is 1.28. The Labute approximate surface area is 310 Å². The molecule has 0 radical (unpaired) electrons. The molecule has 9 nitrogen and oxygen atoms in total. The average Bonchev–Trinajstić information content (AvgIpc) is 3.45. The van der Waals surface area contributed by atoms with E-state index < -0.39 is 0 Å². The smallest absolute Gasteiger partial charge is 0.338 e. The first kappa shape index (κ1) is 41.3. The molecule has 0 saturated heterocycles. The quantitative estimate of drug-likeness (QED) is 0.0871. The monoisotopic (exact) mass is 713 g/mol. The standard InChI is InChI=1S/C41H59N7O2S/c1-10-14-16-31(12-3)25-48(26-32(13-4)17-15-11-2)38-23-36(43-9)37(22-29(38)7)45-47-40-35(24-42)30(8)39(51-40)46-44-34-20-18-33(19-21-34)41(49)50-27-28(5)6/h18-23,28,31-32,43H,10-17,25-27H2,1-9H3. The molecule has 276 valence electrons. The van der Waals surface area contributed by atoms with Gasteiger partial charge in [-0.25, -0.2) is 4.79 Å². The minimum Gasteiger partial charge on any atom is -0.462 e. The number of aryl methyl sites for hydroxylation is 1. The van der Waals surface area contributed by atoms with Crippen LogP contribution in [0.25, 0.3) is 0 Å². The van der Waals surface area contributed by atoms with Crippen molar-refractivity contribution in [2.75, 3.05) is 37.0 Å². The van der Waals surface area contributed by atoms with Crippen LogP contribution in [-0.2, 0) is 4.74 Å². The van der Waals surface area contributed by atoms with Crippen molar-refractivity contribution in [1.82, 2.24) is 0 Å². The van der Waals surface area contributed by atoms with Gasteiger partial charge in [0.05, 0.1) is 29.1 Å². The van der Waals surface area contributed by atoms with Gasteiger partial charge in [-0.3, -0.25) is 0 Å². The lowest BCUT2D eigenvalue weighted by Gasteiger charge is -2.34. The summed E-state index contributed by atoms with van der Waals surface area (Å²) in [4.78, 5) is 14.9. The van der Waals surface area contributed by atoms with Crippen molar-refractivity contribution in [2.45, 2.75) is 107 Å². The van der Waals surface area contributed by atoms with Gasteiger partial charge in [0.25, 0.3) is 0 Å². The van der Waals surface area contributed by atoms with E-state index in [1.807, 2.05) is 27.8 Å². The van der Waals surface area contributed by atoms with E-state index in [1.165, 1.54) is 68.4 Å². The van der Waals surface area contributed by atoms with Gasteiger partial charge < -0.3 is 15.0 Å². The molecular weight excluding hydrogens is 655 g/mol. The molecule has 1 N–H and O–H groups in total. The lowest BCUT2D eigenvalue weighted by molar-refractivity contribution is 0.0459. The van der Waals surface area contributed by atoms with Gasteiger partial charge in [-0.2, -0.15) is 5.26 Å². The lowest BCUT2D eigenvalue weighted by Crippen LogP contribution is -2.34. The minimum absolute atomic E-state index is 0.266. The van der Waals surface area contributed by atoms with Crippen molar-refractivity contribution < 1.29 is 9.53 Å². The number of hydrogen-bond acceptors (Lipinski definition) is 10. The second kappa shape index (κ2) is 21.3. The number of hydrogen-bond donors (Lipinski definition) is 1. The highest BCUT2D eigenvalue weighted by Crippen LogP contribution is 2.43. The van der Waals surface area contributed by atoms with E-state index in [4.69, 9.17) is 4.74 Å². The Morgan fingerprint density at radius 1 is 0.902 bits per heavy atom. The Balaban J connectivity index is 1.89. The number of esters is 1. The van der Waals surface area contributed by atoms with Gasteiger partial charge in [-0.15, -0.1) is 20.5 Å². The molecule has 3 rings (SSSR count). The van der Waals surface area contributed by atoms with E-state index in [9.17, 15) is 10.1 Å². The van der Waals surface area contributed by atoms with Gasteiger partial charge in [0.15, 0.2) is 5.00 Å². The molecule has 0 spiro atoms. The first-order valence-electron chi connectivity index (χ1n) is 18.8. The molecule has 10 heteroatoms. The topological polar surface area (TPSA) is 115 Å². The summed E-state index contributed by atoms with van der Waals surface area (Å²) in [5.74, 6) is 1.21. The maximum absolute atomic E-state index is 12.3. The number of nitrogens with one attached hydrogen (secondary N) is 1. The molecule has 0 aliphatic carbocycles. The second-order valence-corrected chi connectivity index (χ2v) is 14.9. The Hall–Kier alpha value is -4.10. The summed E-state index contributed by atoms with van der Waals surface area (Å²) < 4.78 is 5.31. The molecule has 51 heavy (non-hydrogen) atoms. The minimum atomic E-state index is -0.362. The highest BCUT2D eigenvalue weighted by atomic mass is 32.1. The van der Waals surface area contributed by atoms with Crippen LogP contribution in [-0.4, -0.2) is 32.7 Å². The van der Waals surface area contributed by atoms with Crippen LogP contribution in [0.15, 0.2) is 56.9 Å². The summed E-state index contributed by atoms with van der Waals surface area (Å²) in [6.45, 7) is 19.7. The van der Waals surface area contributed by atoms with Gasteiger partial charge in [0.1, 0.15) is 16.8 Å². The van der Waals surface area contributed by atoms with Crippen LogP contribution in [0, 0.1) is 42.9 Å². The van der Waals surface area contributed by atoms with Crippen molar-refractivity contribution in [3.8, 4) is 6.07 Å². The zero-order valence-corrected chi connectivity index (χ0v) is 33.2. The van der Waals surface area contributed by atoms with E-state index >= 15 is 0 Å². The van der Waals surface area contributed by atoms with Crippen LogP contribution in [0.3, 0.4) is 0 Å². The number of ether oxygens (including phenoxy) is 1. The molecule has 0 aliphatic heterocycles. The summed E-state index contributed by atoms with van der Waals surface area (Å²) in [7, 11) is 1.92. The fourth-order valence-electron chi connectivity index (χ4n) is 6.01. The lowest BCUT2D eigenvalue weighted by atomic mass is 9.94. The molecule has 2 unspecified atom stereocenters. The molecule has 0 aliphatic rings. The Morgan fingerprint density at radius 3 is 2.04 bits per heavy atom. The summed E-state index contributed by atoms with van der Waals surface area (Å²) in [5.41, 5.74) is 6.21. The zero-order valence-electron chi connectivity index (χ0n) is 32.4. The summed E-state index contributed by atoms with van der Waals surface area (Å²) in [6.07, 6.45) is 9.83. The van der Waals surface area contributed by atoms with Crippen molar-refractivity contribution in [2.24, 2.45) is 38.2 Å². The molecule has 0 amide bonds. The molecule has 2 atom stereocenters. The van der Waals surface area contributed by atoms with Crippen molar-refractivity contribution in [3.63, 3.8) is 0 Å². The molecule has 2 aromatic carbocycles. The fourth-order valence-corrected chi connectivity index (χ4v) is 6.91. The number of unbranched alkanes of at least 4 members (excludes halogenated alkanes) is 2. The number of thiophene rings is 1. The third-order valence-corrected chi connectivity index (χ3v) is 10.4. The maximum Gasteiger partial charge on any atom is 0.338 e. The van der Waals surface area contributed by atoms with Crippen LogP contribution in [0.4, 0.5) is 32.8 Å². The molecule has 0 bridgehead atoms. The number of anilines is 2. The third kappa shape index (κ3) is 12.3. The van der Waals surface area contributed by atoms with Gasteiger partial charge >= 0.3 is 5.97 Å². The number of rotatable bonds is 21. The van der Waals surface area contributed by atoms with E-state index in [-0.39, 0.29) is 11.9 Å². The molecule has 0 fully saturated rings. The first-order chi connectivity index (χ1) is 24.6. The molecule has 3 aromatic rings. The van der Waals surface area contributed by atoms with E-state index in [2.05, 4.69) is 83.5 Å². The van der Waals surface area contributed by atoms with Gasteiger partial charge in [-0.05, 0) is 86.4 Å². The van der Waals surface area contributed by atoms with Gasteiger partial charge in [0, 0.05) is 31.4 Å².